The van der Waals surface area contributed by atoms with E-state index in [0.29, 0.717) is 88.6 Å². The van der Waals surface area contributed by atoms with Gasteiger partial charge in [-0.25, -0.2) is 39.2 Å². The van der Waals surface area contributed by atoms with Crippen LogP contribution in [0.4, 0.5) is 15.5 Å². The number of esters is 1. The number of carbonyl (C=O) groups excluding carboxylic acids is 4. The minimum absolute atomic E-state index is 0.0369. The van der Waals surface area contributed by atoms with Crippen LogP contribution in [-0.4, -0.2) is 156 Å². The van der Waals surface area contributed by atoms with Crippen LogP contribution in [0.5, 0.6) is 0 Å². The first-order chi connectivity index (χ1) is 25.0. The van der Waals surface area contributed by atoms with E-state index in [0.717, 1.165) is 24.5 Å². The average Bonchev–Trinajstić information content (AvgIpc) is 3.10. The van der Waals surface area contributed by atoms with Crippen molar-refractivity contribution in [3.8, 4) is 0 Å². The molecule has 0 aliphatic carbocycles. The Morgan fingerprint density at radius 1 is 0.868 bits per heavy atom. The molecule has 3 heterocycles. The molecule has 0 spiro atoms. The number of aromatic nitrogens is 2. The third kappa shape index (κ3) is 14.7. The van der Waals surface area contributed by atoms with Gasteiger partial charge in [-0.2, -0.15) is 0 Å². The van der Waals surface area contributed by atoms with Crippen LogP contribution in [0.1, 0.15) is 67.4 Å². The molecule has 2 fully saturated rings. The van der Waals surface area contributed by atoms with Crippen LogP contribution in [-0.2, 0) is 35.1 Å². The van der Waals surface area contributed by atoms with Crippen molar-refractivity contribution < 1.29 is 38.1 Å². The van der Waals surface area contributed by atoms with Crippen LogP contribution in [0.25, 0.3) is 0 Å². The van der Waals surface area contributed by atoms with Crippen molar-refractivity contribution in [1.82, 2.24) is 29.6 Å². The second-order valence-electron chi connectivity index (χ2n) is 14.6. The summed E-state index contributed by atoms with van der Waals surface area (Å²) in [4.78, 5) is 76.7. The largest absolute Gasteiger partial charge is 0.463 e. The molecule has 1 aromatic heterocycles. The molecule has 0 atom stereocenters. The van der Waals surface area contributed by atoms with Gasteiger partial charge in [0.15, 0.2) is 0 Å². The van der Waals surface area contributed by atoms with Crippen LogP contribution in [0, 0.1) is 0 Å². The Hall–Kier alpha value is -4.64. The van der Waals surface area contributed by atoms with Gasteiger partial charge in [-0.1, -0.05) is 0 Å². The van der Waals surface area contributed by atoms with E-state index in [1.807, 2.05) is 14.7 Å². The van der Waals surface area contributed by atoms with E-state index in [1.165, 1.54) is 6.20 Å². The summed E-state index contributed by atoms with van der Waals surface area (Å²) in [7, 11) is 0. The fourth-order valence-electron chi connectivity index (χ4n) is 5.23. The number of hydrogen-bond acceptors (Lipinski definition) is 13. The van der Waals surface area contributed by atoms with Gasteiger partial charge < -0.3 is 33.6 Å². The molecule has 294 valence electrons. The molecule has 0 bridgehead atoms. The summed E-state index contributed by atoms with van der Waals surface area (Å²) in [6.07, 6.45) is 3.25. The van der Waals surface area contributed by atoms with E-state index >= 15 is 0 Å². The Labute approximate surface area is 313 Å². The summed E-state index contributed by atoms with van der Waals surface area (Å²) < 4.78 is 21.6. The second kappa shape index (κ2) is 20.0. The summed E-state index contributed by atoms with van der Waals surface area (Å²) in [5, 5.41) is 0. The summed E-state index contributed by atoms with van der Waals surface area (Å²) in [5.41, 5.74) is -0.675. The molecule has 3 amide bonds. The molecule has 0 unspecified atom stereocenters. The number of carbonyl (C=O) groups is 4. The topological polar surface area (TPSA) is 172 Å². The first-order valence-electron chi connectivity index (χ1n) is 18.0. The smallest absolute Gasteiger partial charge is 0.420 e. The summed E-state index contributed by atoms with van der Waals surface area (Å²) in [6, 6.07) is 0. The molecule has 0 radical (unpaired) electrons. The van der Waals surface area contributed by atoms with Crippen molar-refractivity contribution in [2.45, 2.75) is 79.6 Å². The van der Waals surface area contributed by atoms with E-state index in [9.17, 15) is 19.2 Å². The molecule has 17 heteroatoms. The van der Waals surface area contributed by atoms with Crippen LogP contribution < -0.4 is 4.90 Å². The normalized spacial score (nSPS) is 16.3. The average molecular weight is 744 g/mol. The van der Waals surface area contributed by atoms with Gasteiger partial charge >= 0.3 is 18.2 Å². The van der Waals surface area contributed by atoms with Crippen molar-refractivity contribution in [2.75, 3.05) is 83.6 Å². The molecule has 2 aliphatic heterocycles. The van der Waals surface area contributed by atoms with E-state index < -0.39 is 29.4 Å². The Bertz CT molecular complexity index is 1430. The van der Waals surface area contributed by atoms with Crippen LogP contribution in [0.15, 0.2) is 34.2 Å². The van der Waals surface area contributed by atoms with Crippen LogP contribution in [0.3, 0.4) is 0 Å². The van der Waals surface area contributed by atoms with Crippen LogP contribution >= 0.6 is 0 Å². The zero-order valence-corrected chi connectivity index (χ0v) is 32.6. The van der Waals surface area contributed by atoms with Crippen molar-refractivity contribution >= 4 is 42.7 Å². The van der Waals surface area contributed by atoms with Gasteiger partial charge in [-0.3, -0.25) is 9.69 Å². The molecular weight excluding hydrogens is 686 g/mol. The maximum absolute atomic E-state index is 12.9. The number of ether oxygens (including phenoxy) is 4. The molecule has 0 aromatic carbocycles. The lowest BCUT2D eigenvalue weighted by Gasteiger charge is -2.35. The zero-order chi connectivity index (χ0) is 39.2. The molecule has 17 nitrogen and oxygen atoms in total. The van der Waals surface area contributed by atoms with E-state index in [-0.39, 0.29) is 12.5 Å². The predicted octanol–water partition coefficient (Wildman–Crippen LogP) is 3.35. The van der Waals surface area contributed by atoms with Crippen molar-refractivity contribution in [3.63, 3.8) is 0 Å². The number of rotatable bonds is 12. The zero-order valence-electron chi connectivity index (χ0n) is 32.6. The minimum atomic E-state index is -0.821. The molecular formula is C36H57N9O8. The number of aliphatic imine (C=N–C) groups is 2. The molecule has 2 aliphatic rings. The van der Waals surface area contributed by atoms with E-state index in [4.69, 9.17) is 18.9 Å². The third-order valence-corrected chi connectivity index (χ3v) is 7.96. The highest BCUT2D eigenvalue weighted by Crippen LogP contribution is 2.18. The summed E-state index contributed by atoms with van der Waals surface area (Å²) >= 11 is 0. The summed E-state index contributed by atoms with van der Waals surface area (Å²) in [5.74, 6) is 0.593. The monoisotopic (exact) mass is 743 g/mol. The highest BCUT2D eigenvalue weighted by atomic mass is 16.6. The number of amides is 3. The molecule has 0 N–H and O–H groups in total. The maximum atomic E-state index is 12.9. The Kier molecular flexibility index (Phi) is 16.1. The maximum Gasteiger partial charge on any atom is 0.420 e. The number of anilines is 1. The van der Waals surface area contributed by atoms with E-state index in [2.05, 4.69) is 31.6 Å². The fraction of sp³-hybridized carbons (Fsp3) is 0.667. The second-order valence-corrected chi connectivity index (χ2v) is 14.6. The summed E-state index contributed by atoms with van der Waals surface area (Å²) in [6.45, 7) is 24.3. The molecule has 53 heavy (non-hydrogen) atoms. The quantitative estimate of drug-likeness (QED) is 0.0763. The lowest BCUT2D eigenvalue weighted by atomic mass is 10.2. The highest BCUT2D eigenvalue weighted by molar-refractivity contribution is 5.89. The van der Waals surface area contributed by atoms with E-state index in [1.54, 1.807) is 67.8 Å². The van der Waals surface area contributed by atoms with Gasteiger partial charge in [0.05, 0.1) is 38.4 Å². The minimum Gasteiger partial charge on any atom is -0.463 e. The Morgan fingerprint density at radius 2 is 1.43 bits per heavy atom. The Balaban J connectivity index is 1.37. The lowest BCUT2D eigenvalue weighted by molar-refractivity contribution is -0.138. The number of imide groups is 1. The van der Waals surface area contributed by atoms with Crippen molar-refractivity contribution in [3.05, 3.63) is 29.7 Å². The first-order valence-corrected chi connectivity index (χ1v) is 18.0. The number of piperazine rings is 2. The predicted molar refractivity (Wildman–Crippen MR) is 200 cm³/mol. The molecule has 3 rings (SSSR count). The van der Waals surface area contributed by atoms with Crippen molar-refractivity contribution in [1.29, 1.82) is 0 Å². The molecule has 1 aromatic rings. The third-order valence-electron chi connectivity index (χ3n) is 7.96. The lowest BCUT2D eigenvalue weighted by Crippen LogP contribution is -2.49. The first kappa shape index (κ1) is 42.8. The van der Waals surface area contributed by atoms with Gasteiger partial charge in [-0.05, 0) is 62.1 Å². The van der Waals surface area contributed by atoms with Gasteiger partial charge in [0.25, 0.3) is 0 Å². The van der Waals surface area contributed by atoms with Crippen molar-refractivity contribution in [2.24, 2.45) is 9.98 Å². The SMILES string of the molecule is C=NC(=N/C=C(\C)C(=O)OCC)N1CCN(CCOCCC(=O)N2CCN(c3ncc(CN(C(=O)OC(C)(C)C)C(=O)OC(C)(C)C)cn3)CC2)CC1. The number of hydrogen-bond donors (Lipinski definition) is 0. The van der Waals surface area contributed by atoms with Gasteiger partial charge in [0.2, 0.25) is 17.8 Å². The van der Waals surface area contributed by atoms with Gasteiger partial charge in [0.1, 0.15) is 11.2 Å². The fourth-order valence-corrected chi connectivity index (χ4v) is 5.23. The number of guanidine groups is 1. The van der Waals surface area contributed by atoms with Crippen LogP contribution in [0.2, 0.25) is 0 Å². The Morgan fingerprint density at radius 3 is 1.96 bits per heavy atom. The molecule has 2 saturated heterocycles. The molecule has 0 saturated carbocycles. The van der Waals surface area contributed by atoms with Gasteiger partial charge in [0, 0.05) is 83.1 Å². The van der Waals surface area contributed by atoms with Gasteiger partial charge in [-0.15, -0.1) is 0 Å². The standard InChI is InChI=1S/C36H57N9O8/c1-10-51-30(47)27(2)23-38-31(37-9)43-14-12-41(13-15-43)20-22-50-21-11-29(46)42-16-18-44(19-17-42)32-39-24-28(25-40-32)26-45(33(48)52-35(3,4)5)34(49)53-36(6,7)8/h23-25H,9-22,26H2,1-8H3/b27-23+,38-31?. The number of nitrogens with zero attached hydrogens (tertiary/aromatic N) is 9. The highest BCUT2D eigenvalue weighted by Gasteiger charge is 2.32.